The summed E-state index contributed by atoms with van der Waals surface area (Å²) in [6.07, 6.45) is 6.56. The van der Waals surface area contributed by atoms with Crippen molar-refractivity contribution in [2.24, 2.45) is 0 Å². The van der Waals surface area contributed by atoms with Crippen molar-refractivity contribution < 1.29 is 8.81 Å². The number of pyridine rings is 1. The Bertz CT molecular complexity index is 845. The maximum atomic E-state index is 14.3. The predicted octanol–water partition coefficient (Wildman–Crippen LogP) is 3.74. The van der Waals surface area contributed by atoms with Gasteiger partial charge >= 0.3 is 0 Å². The van der Waals surface area contributed by atoms with E-state index in [9.17, 15) is 4.39 Å². The number of thioether (sulfide) groups is 1. The number of nitrogens with one attached hydrogen (secondary N) is 1. The average Bonchev–Trinajstić information content (AvgIpc) is 3.02. The Morgan fingerprint density at radius 1 is 1.22 bits per heavy atom. The Morgan fingerprint density at radius 3 is 2.83 bits per heavy atom. The van der Waals surface area contributed by atoms with Gasteiger partial charge < -0.3 is 9.73 Å². The van der Waals surface area contributed by atoms with Gasteiger partial charge in [0.25, 0.3) is 11.1 Å². The molecule has 0 aliphatic heterocycles. The summed E-state index contributed by atoms with van der Waals surface area (Å²) in [6.45, 7) is 0. The molecule has 3 rings (SSSR count). The molecule has 1 N–H and O–H groups in total. The second kappa shape index (κ2) is 6.94. The molecule has 0 fully saturated rings. The molecular weight excluding hydrogens is 315 g/mol. The topological polar surface area (TPSA) is 63.8 Å². The Labute approximate surface area is 136 Å². The summed E-state index contributed by atoms with van der Waals surface area (Å²) < 4.78 is 19.7. The molecule has 0 spiro atoms. The first kappa shape index (κ1) is 15.1. The van der Waals surface area contributed by atoms with Gasteiger partial charge in [0, 0.05) is 11.9 Å². The molecule has 3 aromatic rings. The van der Waals surface area contributed by atoms with Crippen molar-refractivity contribution in [1.29, 1.82) is 0 Å². The third-order valence-electron chi connectivity index (χ3n) is 2.84. The average molecular weight is 326 g/mol. The van der Waals surface area contributed by atoms with Crippen molar-refractivity contribution in [3.63, 3.8) is 0 Å². The smallest absolute Gasteiger partial charge is 0.277 e. The van der Waals surface area contributed by atoms with Crippen molar-refractivity contribution in [3.8, 4) is 23.8 Å². The molecule has 0 saturated heterocycles. The summed E-state index contributed by atoms with van der Waals surface area (Å²) in [5.41, 5.74) is 0.893. The summed E-state index contributed by atoms with van der Waals surface area (Å²) in [6, 6.07) is 10.5. The number of hydrogen-bond acceptors (Lipinski definition) is 6. The van der Waals surface area contributed by atoms with E-state index < -0.39 is 5.82 Å². The summed E-state index contributed by atoms with van der Waals surface area (Å²) in [5.74, 6) is 2.70. The fourth-order valence-corrected chi connectivity index (χ4v) is 2.31. The van der Waals surface area contributed by atoms with Crippen LogP contribution in [-0.2, 0) is 0 Å². The lowest BCUT2D eigenvalue weighted by Gasteiger charge is -2.09. The lowest BCUT2D eigenvalue weighted by molar-refractivity contribution is 0.463. The van der Waals surface area contributed by atoms with Gasteiger partial charge in [0.05, 0.1) is 5.75 Å². The molecule has 0 bridgehead atoms. The maximum Gasteiger partial charge on any atom is 0.277 e. The highest BCUT2D eigenvalue weighted by molar-refractivity contribution is 7.99. The summed E-state index contributed by atoms with van der Waals surface area (Å²) in [4.78, 5) is 4.16. The summed E-state index contributed by atoms with van der Waals surface area (Å²) >= 11 is 1.21. The Kier molecular flexibility index (Phi) is 4.54. The molecule has 0 unspecified atom stereocenters. The number of hydrogen-bond donors (Lipinski definition) is 1. The van der Waals surface area contributed by atoms with E-state index in [4.69, 9.17) is 10.8 Å². The minimum atomic E-state index is -0.504. The van der Waals surface area contributed by atoms with Gasteiger partial charge in [0.15, 0.2) is 0 Å². The zero-order valence-electron chi connectivity index (χ0n) is 11.9. The van der Waals surface area contributed by atoms with E-state index in [-0.39, 0.29) is 16.7 Å². The highest BCUT2D eigenvalue weighted by Crippen LogP contribution is 2.31. The molecule has 1 aromatic carbocycles. The quantitative estimate of drug-likeness (QED) is 0.569. The van der Waals surface area contributed by atoms with Crippen molar-refractivity contribution in [2.45, 2.75) is 5.22 Å². The zero-order valence-corrected chi connectivity index (χ0v) is 12.7. The van der Waals surface area contributed by atoms with Crippen LogP contribution in [-0.4, -0.2) is 20.9 Å². The van der Waals surface area contributed by atoms with Crippen LogP contribution in [0, 0.1) is 18.2 Å². The number of nitrogens with zero attached hydrogens (tertiary/aromatic N) is 3. The molecule has 114 valence electrons. The van der Waals surface area contributed by atoms with E-state index in [1.807, 2.05) is 30.3 Å². The molecule has 2 heterocycles. The zero-order chi connectivity index (χ0) is 16.1. The van der Waals surface area contributed by atoms with E-state index >= 15 is 0 Å². The summed E-state index contributed by atoms with van der Waals surface area (Å²) in [7, 11) is 0. The monoisotopic (exact) mass is 326 g/mol. The first-order valence-corrected chi connectivity index (χ1v) is 7.63. The van der Waals surface area contributed by atoms with E-state index in [1.54, 1.807) is 0 Å². The van der Waals surface area contributed by atoms with E-state index in [2.05, 4.69) is 26.4 Å². The minimum absolute atomic E-state index is 0.0496. The molecule has 0 atom stereocenters. The number of para-hydroxylation sites is 1. The molecule has 0 amide bonds. The molecule has 2 aromatic heterocycles. The van der Waals surface area contributed by atoms with E-state index in [1.165, 1.54) is 24.0 Å². The molecule has 0 saturated carbocycles. The summed E-state index contributed by atoms with van der Waals surface area (Å²) in [5, 5.41) is 11.1. The van der Waals surface area contributed by atoms with E-state index in [0.717, 1.165) is 5.69 Å². The fraction of sp³-hybridized carbons (Fsp3) is 0.0625. The van der Waals surface area contributed by atoms with Crippen molar-refractivity contribution in [3.05, 3.63) is 48.4 Å². The van der Waals surface area contributed by atoms with Crippen LogP contribution in [0.2, 0.25) is 0 Å². The Hall–Kier alpha value is -2.85. The number of halogens is 1. The first-order chi connectivity index (χ1) is 11.3. The molecule has 7 heteroatoms. The third-order valence-corrected chi connectivity index (χ3v) is 3.56. The molecular formula is C16H11FN4OS. The SMILES string of the molecule is C#CCSc1nnc(-c2c(F)ccnc2Nc2ccccc2)o1. The van der Waals surface area contributed by atoms with Gasteiger partial charge in [-0.05, 0) is 18.2 Å². The third kappa shape index (κ3) is 3.49. The van der Waals surface area contributed by atoms with Crippen LogP contribution in [0.1, 0.15) is 0 Å². The number of aromatic nitrogens is 3. The van der Waals surface area contributed by atoms with Gasteiger partial charge in [-0.3, -0.25) is 0 Å². The molecule has 0 aliphatic carbocycles. The van der Waals surface area contributed by atoms with Gasteiger partial charge in [0.2, 0.25) is 0 Å². The van der Waals surface area contributed by atoms with Crippen molar-refractivity contribution >= 4 is 23.3 Å². The standard InChI is InChI=1S/C16H11FN4OS/c1-2-10-23-16-21-20-15(22-16)13-12(17)8-9-18-14(13)19-11-6-4-3-5-7-11/h1,3-9H,10H2,(H,18,19). The number of anilines is 2. The predicted molar refractivity (Wildman–Crippen MR) is 86.8 cm³/mol. The first-order valence-electron chi connectivity index (χ1n) is 6.64. The van der Waals surface area contributed by atoms with Crippen molar-refractivity contribution in [1.82, 2.24) is 15.2 Å². The van der Waals surface area contributed by atoms with E-state index in [0.29, 0.717) is 11.6 Å². The highest BCUT2D eigenvalue weighted by atomic mass is 32.2. The highest BCUT2D eigenvalue weighted by Gasteiger charge is 2.19. The van der Waals surface area contributed by atoms with Gasteiger partial charge in [-0.2, -0.15) is 0 Å². The lowest BCUT2D eigenvalue weighted by atomic mass is 10.2. The molecule has 0 aliphatic rings. The fourth-order valence-electron chi connectivity index (χ4n) is 1.87. The van der Waals surface area contributed by atoms with Crippen LogP contribution in [0.5, 0.6) is 0 Å². The van der Waals surface area contributed by atoms with Gasteiger partial charge in [-0.1, -0.05) is 35.9 Å². The van der Waals surface area contributed by atoms with Gasteiger partial charge in [0.1, 0.15) is 17.2 Å². The second-order valence-corrected chi connectivity index (χ2v) is 5.30. The number of rotatable bonds is 5. The molecule has 5 nitrogen and oxygen atoms in total. The largest absolute Gasteiger partial charge is 0.411 e. The number of terminal acetylenes is 1. The van der Waals surface area contributed by atoms with Crippen LogP contribution in [0.4, 0.5) is 15.9 Å². The van der Waals surface area contributed by atoms with Crippen molar-refractivity contribution in [2.75, 3.05) is 11.1 Å². The molecule has 23 heavy (non-hydrogen) atoms. The minimum Gasteiger partial charge on any atom is -0.411 e. The van der Waals surface area contributed by atoms with Crippen LogP contribution in [0.3, 0.4) is 0 Å². The molecule has 0 radical (unpaired) electrons. The van der Waals surface area contributed by atoms with Gasteiger partial charge in [-0.15, -0.1) is 16.6 Å². The second-order valence-electron chi connectivity index (χ2n) is 4.37. The van der Waals surface area contributed by atoms with Crippen LogP contribution < -0.4 is 5.32 Å². The Balaban J connectivity index is 1.95. The maximum absolute atomic E-state index is 14.3. The van der Waals surface area contributed by atoms with Gasteiger partial charge in [-0.25, -0.2) is 9.37 Å². The van der Waals surface area contributed by atoms with Crippen LogP contribution in [0.25, 0.3) is 11.5 Å². The normalized spacial score (nSPS) is 10.3. The van der Waals surface area contributed by atoms with Crippen LogP contribution >= 0.6 is 11.8 Å². The van der Waals surface area contributed by atoms with Crippen LogP contribution in [0.15, 0.2) is 52.2 Å². The Morgan fingerprint density at radius 2 is 2.04 bits per heavy atom. The number of benzene rings is 1. The lowest BCUT2D eigenvalue weighted by Crippen LogP contribution is -1.98.